The second-order valence-electron chi connectivity index (χ2n) is 10.3. The highest BCUT2D eigenvalue weighted by Gasteiger charge is 2.61. The molecule has 0 unspecified atom stereocenters. The molecular formula is C33H25NO4. The number of hydrogen-bond donors (Lipinski definition) is 0. The predicted molar refractivity (Wildman–Crippen MR) is 143 cm³/mol. The van der Waals surface area contributed by atoms with Gasteiger partial charge in [0.15, 0.2) is 12.4 Å². The second kappa shape index (κ2) is 8.52. The van der Waals surface area contributed by atoms with Gasteiger partial charge >= 0.3 is 0 Å². The van der Waals surface area contributed by atoms with E-state index >= 15 is 0 Å². The predicted octanol–water partition coefficient (Wildman–Crippen LogP) is 5.65. The van der Waals surface area contributed by atoms with E-state index in [2.05, 4.69) is 24.3 Å². The van der Waals surface area contributed by atoms with Crippen LogP contribution in [0.1, 0.15) is 50.0 Å². The summed E-state index contributed by atoms with van der Waals surface area (Å²) in [6.07, 6.45) is 0. The quantitative estimate of drug-likeness (QED) is 0.263. The number of imide groups is 1. The van der Waals surface area contributed by atoms with E-state index in [4.69, 9.17) is 4.74 Å². The number of amides is 2. The van der Waals surface area contributed by atoms with Crippen molar-refractivity contribution in [2.75, 3.05) is 11.5 Å². The van der Waals surface area contributed by atoms with Crippen molar-refractivity contribution in [2.45, 2.75) is 18.8 Å². The van der Waals surface area contributed by atoms with Crippen LogP contribution in [0, 0.1) is 18.8 Å². The van der Waals surface area contributed by atoms with Crippen molar-refractivity contribution in [2.24, 2.45) is 11.8 Å². The van der Waals surface area contributed by atoms with E-state index in [9.17, 15) is 14.4 Å². The average Bonchev–Trinajstić information content (AvgIpc) is 3.22. The van der Waals surface area contributed by atoms with E-state index in [1.807, 2.05) is 43.3 Å². The smallest absolute Gasteiger partial charge is 0.238 e. The standard InChI is InChI=1S/C33H25NO4/c1-19-10-12-20(13-11-19)27(35)18-38-22-16-14-21(15-17-22)34-32(36)30-28-23-6-2-3-7-24(23)29(31(30)33(34)37)26-9-5-4-8-25(26)28/h2-17,28-31H,18H2,1H3/t28?,29?,30-,31+. The minimum Gasteiger partial charge on any atom is -0.485 e. The van der Waals surface area contributed by atoms with Crippen LogP contribution in [0.4, 0.5) is 5.69 Å². The topological polar surface area (TPSA) is 63.7 Å². The van der Waals surface area contributed by atoms with Crippen molar-refractivity contribution in [1.29, 1.82) is 0 Å². The van der Waals surface area contributed by atoms with E-state index in [1.165, 1.54) is 4.90 Å². The van der Waals surface area contributed by atoms with Crippen LogP contribution in [-0.4, -0.2) is 24.2 Å². The van der Waals surface area contributed by atoms with Crippen LogP contribution in [0.15, 0.2) is 97.1 Å². The first-order valence-corrected chi connectivity index (χ1v) is 12.9. The van der Waals surface area contributed by atoms with Crippen LogP contribution in [0.25, 0.3) is 0 Å². The first kappa shape index (κ1) is 22.7. The Balaban J connectivity index is 1.15. The molecule has 2 bridgehead atoms. The van der Waals surface area contributed by atoms with Crippen LogP contribution < -0.4 is 9.64 Å². The molecule has 2 amide bonds. The third kappa shape index (κ3) is 3.28. The molecule has 5 nitrogen and oxygen atoms in total. The maximum Gasteiger partial charge on any atom is 0.238 e. The maximum absolute atomic E-state index is 13.9. The Bertz CT molecular complexity index is 1490. The summed E-state index contributed by atoms with van der Waals surface area (Å²) in [7, 11) is 0. The zero-order valence-corrected chi connectivity index (χ0v) is 20.8. The monoisotopic (exact) mass is 499 g/mol. The zero-order chi connectivity index (χ0) is 26.0. The highest BCUT2D eigenvalue weighted by molar-refractivity contribution is 6.23. The lowest BCUT2D eigenvalue weighted by Gasteiger charge is -2.45. The summed E-state index contributed by atoms with van der Waals surface area (Å²) in [5, 5.41) is 0. The van der Waals surface area contributed by atoms with Gasteiger partial charge in [0.1, 0.15) is 5.75 Å². The fraction of sp³-hybridized carbons (Fsp3) is 0.182. The molecule has 8 rings (SSSR count). The third-order valence-electron chi connectivity index (χ3n) is 8.29. The number of hydrogen-bond acceptors (Lipinski definition) is 4. The lowest BCUT2D eigenvalue weighted by atomic mass is 9.55. The molecule has 0 saturated carbocycles. The van der Waals surface area contributed by atoms with Gasteiger partial charge < -0.3 is 4.74 Å². The molecule has 0 aromatic heterocycles. The summed E-state index contributed by atoms with van der Waals surface area (Å²) >= 11 is 0. The number of ether oxygens (including phenoxy) is 1. The molecule has 1 fully saturated rings. The number of aryl methyl sites for hydroxylation is 1. The number of anilines is 1. The summed E-state index contributed by atoms with van der Waals surface area (Å²) in [6.45, 7) is 1.88. The van der Waals surface area contributed by atoms with E-state index in [1.54, 1.807) is 36.4 Å². The summed E-state index contributed by atoms with van der Waals surface area (Å²) in [5.74, 6) is -1.00. The summed E-state index contributed by atoms with van der Waals surface area (Å²) in [5.41, 5.74) is 6.83. The summed E-state index contributed by atoms with van der Waals surface area (Å²) in [6, 6.07) is 30.7. The van der Waals surface area contributed by atoms with Gasteiger partial charge in [-0.25, -0.2) is 4.90 Å². The Labute approximate surface area is 220 Å². The van der Waals surface area contributed by atoms with Gasteiger partial charge in [0.2, 0.25) is 11.8 Å². The van der Waals surface area contributed by atoms with Crippen molar-refractivity contribution >= 4 is 23.3 Å². The van der Waals surface area contributed by atoms with Crippen LogP contribution >= 0.6 is 0 Å². The average molecular weight is 500 g/mol. The normalized spacial score (nSPS) is 22.6. The summed E-state index contributed by atoms with van der Waals surface area (Å²) < 4.78 is 5.71. The lowest BCUT2D eigenvalue weighted by Crippen LogP contribution is -2.41. The molecule has 2 atom stereocenters. The van der Waals surface area contributed by atoms with Crippen molar-refractivity contribution in [1.82, 2.24) is 0 Å². The first-order chi connectivity index (χ1) is 18.5. The van der Waals surface area contributed by atoms with Crippen molar-refractivity contribution in [3.8, 4) is 5.75 Å². The third-order valence-corrected chi connectivity index (χ3v) is 8.29. The molecule has 3 aliphatic carbocycles. The van der Waals surface area contributed by atoms with Gasteiger partial charge in [0, 0.05) is 17.4 Å². The fourth-order valence-corrected chi connectivity index (χ4v) is 6.59. The number of carbonyl (C=O) groups is 3. The zero-order valence-electron chi connectivity index (χ0n) is 20.8. The van der Waals surface area contributed by atoms with Crippen LogP contribution in [0.3, 0.4) is 0 Å². The number of nitrogens with zero attached hydrogens (tertiary/aromatic N) is 1. The first-order valence-electron chi connectivity index (χ1n) is 12.9. The molecule has 0 N–H and O–H groups in total. The van der Waals surface area contributed by atoms with Gasteiger partial charge in [-0.3, -0.25) is 14.4 Å². The maximum atomic E-state index is 13.9. The Morgan fingerprint density at radius 3 is 1.63 bits per heavy atom. The Morgan fingerprint density at radius 1 is 0.684 bits per heavy atom. The largest absolute Gasteiger partial charge is 0.485 e. The van der Waals surface area contributed by atoms with E-state index < -0.39 is 11.8 Å². The molecule has 4 aromatic rings. The molecule has 0 radical (unpaired) electrons. The van der Waals surface area contributed by atoms with Gasteiger partial charge in [-0.15, -0.1) is 0 Å². The molecular weight excluding hydrogens is 474 g/mol. The van der Waals surface area contributed by atoms with Gasteiger partial charge in [0.05, 0.1) is 17.5 Å². The molecule has 0 spiro atoms. The van der Waals surface area contributed by atoms with Gasteiger partial charge in [-0.05, 0) is 53.4 Å². The summed E-state index contributed by atoms with van der Waals surface area (Å²) in [4.78, 5) is 41.6. The minimum absolute atomic E-state index is 0.0893. The highest BCUT2D eigenvalue weighted by atomic mass is 16.5. The van der Waals surface area contributed by atoms with E-state index in [-0.39, 0.29) is 36.0 Å². The molecule has 1 saturated heterocycles. The fourth-order valence-electron chi connectivity index (χ4n) is 6.59. The van der Waals surface area contributed by atoms with E-state index in [0.29, 0.717) is 17.0 Å². The van der Waals surface area contributed by atoms with Crippen LogP contribution in [-0.2, 0) is 9.59 Å². The number of ketones is 1. The Kier molecular flexibility index (Phi) is 5.08. The number of benzene rings is 4. The SMILES string of the molecule is Cc1ccc(C(=O)COc2ccc(N3C(=O)[C@@H]4C5c6ccccc6C(c6ccccc65)[C@@H]4C3=O)cc2)cc1. The lowest BCUT2D eigenvalue weighted by molar-refractivity contribution is -0.122. The van der Waals surface area contributed by atoms with Crippen molar-refractivity contribution in [3.63, 3.8) is 0 Å². The number of Topliss-reactive ketones (excluding diaryl/α,β-unsaturated/α-hetero) is 1. The Morgan fingerprint density at radius 2 is 1.16 bits per heavy atom. The van der Waals surface area contributed by atoms with Crippen LogP contribution in [0.2, 0.25) is 0 Å². The number of carbonyl (C=O) groups excluding carboxylic acids is 3. The molecule has 1 heterocycles. The molecule has 1 aliphatic heterocycles. The van der Waals surface area contributed by atoms with Crippen molar-refractivity contribution < 1.29 is 19.1 Å². The number of rotatable bonds is 5. The van der Waals surface area contributed by atoms with Gasteiger partial charge in [-0.1, -0.05) is 78.4 Å². The van der Waals surface area contributed by atoms with Gasteiger partial charge in [-0.2, -0.15) is 0 Å². The highest BCUT2D eigenvalue weighted by Crippen LogP contribution is 2.61. The van der Waals surface area contributed by atoms with Crippen molar-refractivity contribution in [3.05, 3.63) is 130 Å². The van der Waals surface area contributed by atoms with E-state index in [0.717, 1.165) is 27.8 Å². The van der Waals surface area contributed by atoms with Gasteiger partial charge in [0.25, 0.3) is 0 Å². The minimum atomic E-state index is -0.416. The second-order valence-corrected chi connectivity index (χ2v) is 10.3. The molecule has 186 valence electrons. The Hall–Kier alpha value is -4.51. The molecule has 38 heavy (non-hydrogen) atoms. The van der Waals surface area contributed by atoms with Crippen LogP contribution in [0.5, 0.6) is 5.75 Å². The molecule has 4 aromatic carbocycles. The molecule has 5 heteroatoms. The molecule has 4 aliphatic rings.